The van der Waals surface area contributed by atoms with E-state index in [1.54, 1.807) is 12.5 Å². The monoisotopic (exact) mass is 454 g/mol. The van der Waals surface area contributed by atoms with E-state index in [4.69, 9.17) is 0 Å². The Morgan fingerprint density at radius 2 is 1.07 bits per heavy atom. The average molecular weight is 455 g/mol. The summed E-state index contributed by atoms with van der Waals surface area (Å²) in [6, 6.07) is -1.40. The fraction of sp³-hybridized carbons (Fsp3) is 0.700. The van der Waals surface area contributed by atoms with Crippen LogP contribution in [0.5, 0.6) is 0 Å². The zero-order valence-corrected chi connectivity index (χ0v) is 18.3. The fourth-order valence-corrected chi connectivity index (χ4v) is 8.33. The Balaban J connectivity index is 1.68. The number of aliphatic hydroxyl groups is 4. The van der Waals surface area contributed by atoms with Gasteiger partial charge < -0.3 is 30.2 Å². The minimum Gasteiger partial charge on any atom is -0.389 e. The van der Waals surface area contributed by atoms with Crippen molar-refractivity contribution in [3.63, 3.8) is 0 Å². The number of hydrogen-bond acceptors (Lipinski definition) is 8. The lowest BCUT2D eigenvalue weighted by Crippen LogP contribution is -2.74. The second kappa shape index (κ2) is 6.73. The molecule has 10 heteroatoms. The van der Waals surface area contributed by atoms with Gasteiger partial charge in [-0.2, -0.15) is 0 Å². The van der Waals surface area contributed by atoms with Crippen molar-refractivity contribution >= 4 is 35.3 Å². The number of hydrogen-bond donors (Lipinski definition) is 4. The molecule has 4 N–H and O–H groups in total. The maximum atomic E-state index is 14.1. The van der Waals surface area contributed by atoms with Gasteiger partial charge >= 0.3 is 0 Å². The van der Waals surface area contributed by atoms with Gasteiger partial charge in [-0.1, -0.05) is 24.3 Å². The van der Waals surface area contributed by atoms with Crippen LogP contribution in [-0.4, -0.2) is 101 Å². The van der Waals surface area contributed by atoms with E-state index >= 15 is 0 Å². The lowest BCUT2D eigenvalue weighted by Gasteiger charge is -2.54. The summed E-state index contributed by atoms with van der Waals surface area (Å²) in [5, 5.41) is 42.5. The van der Waals surface area contributed by atoms with Gasteiger partial charge in [-0.05, 0) is 25.4 Å². The van der Waals surface area contributed by atoms with Crippen molar-refractivity contribution in [3.05, 3.63) is 24.3 Å². The Morgan fingerprint density at radius 1 is 0.733 bits per heavy atom. The number of carbonyl (C=O) groups is 2. The zero-order chi connectivity index (χ0) is 21.6. The molecule has 3 heterocycles. The summed E-state index contributed by atoms with van der Waals surface area (Å²) >= 11 is 2.48. The largest absolute Gasteiger partial charge is 0.389 e. The number of piperazine rings is 1. The van der Waals surface area contributed by atoms with Crippen LogP contribution in [-0.2, 0) is 9.59 Å². The highest BCUT2D eigenvalue weighted by Crippen LogP contribution is 2.60. The van der Waals surface area contributed by atoms with Crippen LogP contribution in [0.25, 0.3) is 0 Å². The smallest absolute Gasteiger partial charge is 0.261 e. The molecule has 5 aliphatic rings. The van der Waals surface area contributed by atoms with Gasteiger partial charge in [0, 0.05) is 11.8 Å². The first kappa shape index (κ1) is 20.8. The molecule has 0 aromatic rings. The Kier molecular flexibility index (Phi) is 4.67. The summed E-state index contributed by atoms with van der Waals surface area (Å²) in [7, 11) is 0. The van der Waals surface area contributed by atoms with Crippen LogP contribution in [0.1, 0.15) is 12.8 Å². The molecule has 3 saturated heterocycles. The van der Waals surface area contributed by atoms with Crippen LogP contribution in [0.15, 0.2) is 24.3 Å². The molecule has 0 bridgehead atoms. The van der Waals surface area contributed by atoms with Gasteiger partial charge in [0.05, 0.1) is 36.5 Å². The molecule has 3 aliphatic heterocycles. The van der Waals surface area contributed by atoms with Gasteiger partial charge in [-0.15, -0.1) is 23.5 Å². The molecule has 164 valence electrons. The number of fused-ring (bicyclic) bond motifs is 6. The van der Waals surface area contributed by atoms with E-state index in [1.165, 1.54) is 57.6 Å². The minimum absolute atomic E-state index is 0.221. The van der Waals surface area contributed by atoms with Crippen LogP contribution in [0.4, 0.5) is 0 Å². The highest BCUT2D eigenvalue weighted by atomic mass is 32.2. The lowest BCUT2D eigenvalue weighted by molar-refractivity contribution is -0.169. The maximum absolute atomic E-state index is 14.1. The van der Waals surface area contributed by atoms with Gasteiger partial charge in [0.1, 0.15) is 0 Å². The SMILES string of the molecule is CS[C@@]12C[C@H]3[C@@H]([C@@H](O)C=C[C@@H]3O)N1C(=O)[C@]1(SC)C[C@H]3[C@@H]([C@@H](O)C=C[C@@H]3O)N1C2=O. The summed E-state index contributed by atoms with van der Waals surface area (Å²) in [5.41, 5.74) is 0. The van der Waals surface area contributed by atoms with Crippen molar-refractivity contribution in [1.29, 1.82) is 0 Å². The van der Waals surface area contributed by atoms with E-state index in [0.717, 1.165) is 0 Å². The Morgan fingerprint density at radius 3 is 1.40 bits per heavy atom. The third-order valence-electron chi connectivity index (χ3n) is 7.65. The Bertz CT molecular complexity index is 785. The first-order chi connectivity index (χ1) is 14.2. The highest BCUT2D eigenvalue weighted by Gasteiger charge is 2.74. The molecule has 0 unspecified atom stereocenters. The van der Waals surface area contributed by atoms with Crippen LogP contribution in [0.3, 0.4) is 0 Å². The number of aliphatic hydroxyl groups excluding tert-OH is 4. The number of nitrogens with zero attached hydrogens (tertiary/aromatic N) is 2. The molecule has 2 amide bonds. The van der Waals surface area contributed by atoms with Gasteiger partial charge in [-0.3, -0.25) is 9.59 Å². The molecule has 8 nitrogen and oxygen atoms in total. The van der Waals surface area contributed by atoms with Gasteiger partial charge in [0.2, 0.25) is 0 Å². The van der Waals surface area contributed by atoms with Crippen molar-refractivity contribution in [3.8, 4) is 0 Å². The summed E-state index contributed by atoms with van der Waals surface area (Å²) in [5.74, 6) is -1.51. The average Bonchev–Trinajstić information content (AvgIpc) is 3.29. The second-order valence-electron chi connectivity index (χ2n) is 8.78. The molecular weight excluding hydrogens is 428 g/mol. The molecule has 3 fully saturated rings. The Labute approximate surface area is 183 Å². The molecule has 5 rings (SSSR count). The van der Waals surface area contributed by atoms with Gasteiger partial charge in [-0.25, -0.2) is 0 Å². The van der Waals surface area contributed by atoms with Crippen LogP contribution >= 0.6 is 23.5 Å². The number of amides is 2. The van der Waals surface area contributed by atoms with Crippen molar-refractivity contribution in [1.82, 2.24) is 9.80 Å². The highest BCUT2D eigenvalue weighted by molar-refractivity contribution is 8.01. The minimum atomic E-state index is -1.26. The van der Waals surface area contributed by atoms with Crippen LogP contribution < -0.4 is 0 Å². The standard InChI is InChI=1S/C20H26N2O6S2/c1-29-19-7-9-11(23)3-5-13(25)15(9)21(19)18(28)20(30-2)8-10-12(24)4-6-14(26)16(10)22(20)17(19)27/h3-6,9-16,23-26H,7-8H2,1-2H3/t9-,10-,11+,12+,13+,14+,15+,16+,19-,20-/m1/s1. The number of thioether (sulfide) groups is 2. The molecule has 0 aromatic carbocycles. The first-order valence-corrected chi connectivity index (χ1v) is 12.5. The fourth-order valence-electron chi connectivity index (χ4n) is 6.26. The van der Waals surface area contributed by atoms with E-state index in [0.29, 0.717) is 0 Å². The molecule has 0 radical (unpaired) electrons. The molecular formula is C20H26N2O6S2. The lowest BCUT2D eigenvalue weighted by atomic mass is 9.84. The number of carbonyl (C=O) groups excluding carboxylic acids is 2. The number of rotatable bonds is 2. The summed E-state index contributed by atoms with van der Waals surface area (Å²) < 4.78 is 0. The first-order valence-electron chi connectivity index (χ1n) is 10.1. The third-order valence-corrected chi connectivity index (χ3v) is 10.1. The normalized spacial score (nSPS) is 51.7. The van der Waals surface area contributed by atoms with Crippen molar-refractivity contribution in [2.75, 3.05) is 12.5 Å². The summed E-state index contributed by atoms with van der Waals surface area (Å²) in [6.45, 7) is 0. The Hall–Kier alpha value is -1.04. The predicted molar refractivity (Wildman–Crippen MR) is 112 cm³/mol. The van der Waals surface area contributed by atoms with Crippen molar-refractivity contribution < 1.29 is 30.0 Å². The second-order valence-corrected chi connectivity index (χ2v) is 10.9. The van der Waals surface area contributed by atoms with Crippen LogP contribution in [0.2, 0.25) is 0 Å². The third kappa shape index (κ3) is 2.30. The molecule has 0 spiro atoms. The van der Waals surface area contributed by atoms with Crippen molar-refractivity contribution in [2.45, 2.75) is 59.1 Å². The molecule has 0 aromatic heterocycles. The molecule has 0 saturated carbocycles. The van der Waals surface area contributed by atoms with E-state index in [-0.39, 0.29) is 24.7 Å². The zero-order valence-electron chi connectivity index (χ0n) is 16.7. The summed E-state index contributed by atoms with van der Waals surface area (Å²) in [6.07, 6.45) is 6.33. The molecule has 10 atom stereocenters. The molecule has 30 heavy (non-hydrogen) atoms. The van der Waals surface area contributed by atoms with Gasteiger partial charge in [0.25, 0.3) is 11.8 Å². The van der Waals surface area contributed by atoms with E-state index in [1.807, 2.05) is 0 Å². The van der Waals surface area contributed by atoms with E-state index in [2.05, 4.69) is 0 Å². The van der Waals surface area contributed by atoms with Gasteiger partial charge in [0.15, 0.2) is 9.74 Å². The topological polar surface area (TPSA) is 122 Å². The van der Waals surface area contributed by atoms with E-state index in [9.17, 15) is 30.0 Å². The maximum Gasteiger partial charge on any atom is 0.261 e. The quantitative estimate of drug-likeness (QED) is 0.398. The predicted octanol–water partition coefficient (Wildman–Crippen LogP) is -0.864. The van der Waals surface area contributed by atoms with Crippen molar-refractivity contribution in [2.24, 2.45) is 11.8 Å². The molecule has 2 aliphatic carbocycles. The summed E-state index contributed by atoms with van der Waals surface area (Å²) in [4.78, 5) is 28.7. The van der Waals surface area contributed by atoms with E-state index < -0.39 is 58.1 Å². The van der Waals surface area contributed by atoms with Crippen LogP contribution in [0, 0.1) is 11.8 Å².